The summed E-state index contributed by atoms with van der Waals surface area (Å²) in [5, 5.41) is 2.89. The van der Waals surface area contributed by atoms with Crippen LogP contribution in [0.25, 0.3) is 0 Å². The third-order valence-corrected chi connectivity index (χ3v) is 4.45. The Labute approximate surface area is 126 Å². The van der Waals surface area contributed by atoms with E-state index in [-0.39, 0.29) is 11.8 Å². The lowest BCUT2D eigenvalue weighted by atomic mass is 10.1. The van der Waals surface area contributed by atoms with E-state index in [1.807, 2.05) is 24.4 Å². The maximum atomic E-state index is 12.2. The highest BCUT2D eigenvalue weighted by molar-refractivity contribution is 7.13. The van der Waals surface area contributed by atoms with Crippen LogP contribution in [-0.4, -0.2) is 42.3 Å². The van der Waals surface area contributed by atoms with Crippen molar-refractivity contribution in [1.82, 2.24) is 9.88 Å². The number of imide groups is 1. The number of hydrogen-bond acceptors (Lipinski definition) is 5. The summed E-state index contributed by atoms with van der Waals surface area (Å²) in [5.74, 6) is -0.419. The van der Waals surface area contributed by atoms with Gasteiger partial charge in [0.15, 0.2) is 5.13 Å². The van der Waals surface area contributed by atoms with Gasteiger partial charge in [-0.2, -0.15) is 0 Å². The minimum Gasteiger partial charge on any atom is -0.354 e. The van der Waals surface area contributed by atoms with E-state index >= 15 is 0 Å². The van der Waals surface area contributed by atoms with Crippen molar-refractivity contribution >= 4 is 28.3 Å². The molecule has 0 spiro atoms. The minimum atomic E-state index is -0.210. The van der Waals surface area contributed by atoms with Crippen molar-refractivity contribution in [3.8, 4) is 0 Å². The molecular formula is C15H15N3O2S. The Kier molecular flexibility index (Phi) is 3.47. The zero-order valence-corrected chi connectivity index (χ0v) is 12.7. The van der Waals surface area contributed by atoms with Gasteiger partial charge in [-0.1, -0.05) is 12.1 Å². The van der Waals surface area contributed by atoms with Crippen LogP contribution >= 0.6 is 11.3 Å². The van der Waals surface area contributed by atoms with Crippen LogP contribution in [0.4, 0.5) is 5.13 Å². The van der Waals surface area contributed by atoms with E-state index in [4.69, 9.17) is 0 Å². The number of benzene rings is 1. The average Bonchev–Trinajstić information content (AvgIpc) is 3.03. The van der Waals surface area contributed by atoms with Gasteiger partial charge in [0.05, 0.1) is 16.8 Å². The number of nitrogens with zero attached hydrogens (tertiary/aromatic N) is 3. The van der Waals surface area contributed by atoms with Crippen molar-refractivity contribution in [1.29, 1.82) is 0 Å². The fourth-order valence-corrected chi connectivity index (χ4v) is 3.08. The number of carbonyl (C=O) groups excluding carboxylic acids is 2. The monoisotopic (exact) mass is 301 g/mol. The summed E-state index contributed by atoms with van der Waals surface area (Å²) in [7, 11) is 3.87. The molecular weight excluding hydrogens is 286 g/mol. The first-order valence-electron chi connectivity index (χ1n) is 6.65. The van der Waals surface area contributed by atoms with Crippen LogP contribution < -0.4 is 4.90 Å². The van der Waals surface area contributed by atoms with Gasteiger partial charge in [-0.05, 0) is 12.1 Å². The molecule has 1 aliphatic rings. The molecule has 1 aromatic carbocycles. The predicted molar refractivity (Wildman–Crippen MR) is 82.0 cm³/mol. The van der Waals surface area contributed by atoms with E-state index in [2.05, 4.69) is 4.98 Å². The van der Waals surface area contributed by atoms with E-state index in [0.29, 0.717) is 24.1 Å². The Morgan fingerprint density at radius 1 is 1.14 bits per heavy atom. The van der Waals surface area contributed by atoms with E-state index < -0.39 is 0 Å². The lowest BCUT2D eigenvalue weighted by molar-refractivity contribution is 0.0656. The average molecular weight is 301 g/mol. The molecule has 0 N–H and O–H groups in total. The molecule has 0 saturated heterocycles. The van der Waals surface area contributed by atoms with Gasteiger partial charge >= 0.3 is 0 Å². The van der Waals surface area contributed by atoms with Crippen molar-refractivity contribution in [2.75, 3.05) is 25.5 Å². The molecule has 1 aliphatic heterocycles. The molecule has 0 atom stereocenters. The number of thiazole rings is 1. The number of hydrogen-bond donors (Lipinski definition) is 0. The van der Waals surface area contributed by atoms with Gasteiger partial charge in [-0.3, -0.25) is 14.5 Å². The zero-order valence-electron chi connectivity index (χ0n) is 11.9. The van der Waals surface area contributed by atoms with Gasteiger partial charge in [0.2, 0.25) is 0 Å². The molecule has 2 aromatic rings. The van der Waals surface area contributed by atoms with Crippen molar-refractivity contribution in [3.63, 3.8) is 0 Å². The van der Waals surface area contributed by atoms with Crippen molar-refractivity contribution in [3.05, 3.63) is 46.5 Å². The smallest absolute Gasteiger partial charge is 0.261 e. The molecule has 0 saturated carbocycles. The van der Waals surface area contributed by atoms with Crippen LogP contribution in [0.3, 0.4) is 0 Å². The summed E-state index contributed by atoms with van der Waals surface area (Å²) < 4.78 is 0. The maximum Gasteiger partial charge on any atom is 0.261 e. The Balaban J connectivity index is 1.72. The fourth-order valence-electron chi connectivity index (χ4n) is 2.29. The highest BCUT2D eigenvalue weighted by Gasteiger charge is 2.34. The van der Waals surface area contributed by atoms with E-state index in [9.17, 15) is 9.59 Å². The predicted octanol–water partition coefficient (Wildman–Crippen LogP) is 2.05. The molecule has 0 fully saturated rings. The topological polar surface area (TPSA) is 53.5 Å². The normalized spacial score (nSPS) is 13.7. The van der Waals surface area contributed by atoms with Crippen LogP contribution in [0.5, 0.6) is 0 Å². The summed E-state index contributed by atoms with van der Waals surface area (Å²) in [4.78, 5) is 32.2. The third-order valence-electron chi connectivity index (χ3n) is 3.39. The van der Waals surface area contributed by atoms with Crippen LogP contribution in [0.15, 0.2) is 29.6 Å². The van der Waals surface area contributed by atoms with Gasteiger partial charge in [0, 0.05) is 32.4 Å². The Hall–Kier alpha value is -2.21. The molecule has 2 amide bonds. The first kappa shape index (κ1) is 13.8. The summed E-state index contributed by atoms with van der Waals surface area (Å²) in [6, 6.07) is 6.94. The summed E-state index contributed by atoms with van der Waals surface area (Å²) in [6.45, 7) is 0.364. The number of anilines is 1. The van der Waals surface area contributed by atoms with Gasteiger partial charge in [-0.15, -0.1) is 11.3 Å². The quantitative estimate of drug-likeness (QED) is 0.811. The molecule has 6 heteroatoms. The van der Waals surface area contributed by atoms with Gasteiger partial charge < -0.3 is 4.90 Å². The Bertz CT molecular complexity index is 673. The highest BCUT2D eigenvalue weighted by atomic mass is 32.1. The van der Waals surface area contributed by atoms with Gasteiger partial charge in [0.25, 0.3) is 11.8 Å². The number of amides is 2. The highest BCUT2D eigenvalue weighted by Crippen LogP contribution is 2.23. The van der Waals surface area contributed by atoms with Crippen molar-refractivity contribution in [2.45, 2.75) is 6.42 Å². The van der Waals surface area contributed by atoms with Crippen molar-refractivity contribution < 1.29 is 9.59 Å². The summed E-state index contributed by atoms with van der Waals surface area (Å²) in [5.41, 5.74) is 1.89. The first-order chi connectivity index (χ1) is 10.1. The molecule has 5 nitrogen and oxygen atoms in total. The Morgan fingerprint density at radius 3 is 2.29 bits per heavy atom. The van der Waals surface area contributed by atoms with Crippen LogP contribution in [-0.2, 0) is 6.42 Å². The fraction of sp³-hybridized carbons (Fsp3) is 0.267. The second-order valence-corrected chi connectivity index (χ2v) is 5.91. The number of rotatable bonds is 4. The second kappa shape index (κ2) is 5.29. The van der Waals surface area contributed by atoms with Crippen LogP contribution in [0.2, 0.25) is 0 Å². The first-order valence-corrected chi connectivity index (χ1v) is 7.53. The lowest BCUT2D eigenvalue weighted by Gasteiger charge is -2.12. The molecule has 0 radical (unpaired) electrons. The number of fused-ring (bicyclic) bond motifs is 1. The van der Waals surface area contributed by atoms with Crippen LogP contribution in [0, 0.1) is 0 Å². The largest absolute Gasteiger partial charge is 0.354 e. The van der Waals surface area contributed by atoms with Crippen LogP contribution in [0.1, 0.15) is 26.4 Å². The Morgan fingerprint density at radius 2 is 1.76 bits per heavy atom. The molecule has 2 heterocycles. The molecule has 108 valence electrons. The third kappa shape index (κ3) is 2.42. The zero-order chi connectivity index (χ0) is 15.0. The lowest BCUT2D eigenvalue weighted by Crippen LogP contribution is -2.31. The van der Waals surface area contributed by atoms with E-state index in [1.54, 1.807) is 35.6 Å². The van der Waals surface area contributed by atoms with Gasteiger partial charge in [0.1, 0.15) is 0 Å². The summed E-state index contributed by atoms with van der Waals surface area (Å²) in [6.07, 6.45) is 0.579. The van der Waals surface area contributed by atoms with Crippen molar-refractivity contribution in [2.24, 2.45) is 0 Å². The maximum absolute atomic E-state index is 12.2. The van der Waals surface area contributed by atoms with Gasteiger partial charge in [-0.25, -0.2) is 4.98 Å². The van der Waals surface area contributed by atoms with E-state index in [0.717, 1.165) is 10.8 Å². The molecule has 0 bridgehead atoms. The number of aromatic nitrogens is 1. The molecule has 0 aliphatic carbocycles. The molecule has 0 unspecified atom stereocenters. The SMILES string of the molecule is CN(C)c1nc(CCN2C(=O)c3ccccc3C2=O)cs1. The molecule has 21 heavy (non-hydrogen) atoms. The second-order valence-electron chi connectivity index (χ2n) is 5.07. The van der Waals surface area contributed by atoms with E-state index in [1.165, 1.54) is 4.90 Å². The minimum absolute atomic E-state index is 0.210. The standard InChI is InChI=1S/C15H15N3O2S/c1-17(2)15-16-10(9-21-15)7-8-18-13(19)11-5-3-4-6-12(11)14(18)20/h3-6,9H,7-8H2,1-2H3. The number of carbonyl (C=O) groups is 2. The molecule has 1 aromatic heterocycles. The molecule has 3 rings (SSSR count). The summed E-state index contributed by atoms with van der Waals surface area (Å²) >= 11 is 1.56.